The molecule has 1 unspecified atom stereocenters. The number of halogens is 2. The maximum atomic E-state index is 13.4. The molecule has 0 aliphatic carbocycles. The van der Waals surface area contributed by atoms with Crippen molar-refractivity contribution in [2.75, 3.05) is 10.6 Å². The van der Waals surface area contributed by atoms with E-state index < -0.39 is 11.9 Å². The number of benzene rings is 2. The summed E-state index contributed by atoms with van der Waals surface area (Å²) < 4.78 is 13.4. The lowest BCUT2D eigenvalue weighted by Crippen LogP contribution is -2.40. The van der Waals surface area contributed by atoms with Gasteiger partial charge in [0.2, 0.25) is 5.91 Å². The molecule has 6 heteroatoms. The monoisotopic (exact) mass is 306 g/mol. The zero-order chi connectivity index (χ0) is 15.0. The molecule has 1 amide bonds. The maximum Gasteiger partial charge on any atom is 0.247 e. The maximum absolute atomic E-state index is 13.4. The molecule has 0 saturated heterocycles. The first-order valence-corrected chi connectivity index (χ1v) is 6.75. The van der Waals surface area contributed by atoms with Gasteiger partial charge in [0, 0.05) is 12.5 Å². The van der Waals surface area contributed by atoms with E-state index in [9.17, 15) is 14.3 Å². The van der Waals surface area contributed by atoms with E-state index in [4.69, 9.17) is 11.6 Å². The summed E-state index contributed by atoms with van der Waals surface area (Å²) in [6, 6.07) is 8.79. The van der Waals surface area contributed by atoms with Crippen molar-refractivity contribution in [3.63, 3.8) is 0 Å². The molecule has 0 aromatic heterocycles. The van der Waals surface area contributed by atoms with Crippen molar-refractivity contribution in [1.82, 2.24) is 0 Å². The van der Waals surface area contributed by atoms with E-state index in [1.165, 1.54) is 12.1 Å². The standard InChI is InChI=1S/C15H12ClFN2O2/c16-10-6-12-13(7-11(10)17)19-15(21)14(18-12)5-8-1-3-9(20)4-2-8/h1-4,6-7,14,18,20H,5H2,(H,19,21). The molecule has 0 saturated carbocycles. The Labute approximate surface area is 125 Å². The van der Waals surface area contributed by atoms with Crippen LogP contribution in [0.15, 0.2) is 36.4 Å². The van der Waals surface area contributed by atoms with Crippen LogP contribution in [-0.4, -0.2) is 17.1 Å². The number of hydrogen-bond donors (Lipinski definition) is 3. The molecule has 1 atom stereocenters. The Kier molecular flexibility index (Phi) is 3.43. The van der Waals surface area contributed by atoms with Crippen molar-refractivity contribution >= 4 is 28.9 Å². The molecular formula is C15H12ClFN2O2. The van der Waals surface area contributed by atoms with Gasteiger partial charge in [-0.05, 0) is 23.8 Å². The van der Waals surface area contributed by atoms with Gasteiger partial charge in [0.15, 0.2) is 0 Å². The van der Waals surface area contributed by atoms with Crippen molar-refractivity contribution in [2.24, 2.45) is 0 Å². The number of anilines is 2. The molecule has 0 spiro atoms. The van der Waals surface area contributed by atoms with E-state index in [-0.39, 0.29) is 16.7 Å². The third-order valence-electron chi connectivity index (χ3n) is 3.34. The molecule has 0 bridgehead atoms. The van der Waals surface area contributed by atoms with Crippen LogP contribution in [0.2, 0.25) is 5.02 Å². The van der Waals surface area contributed by atoms with Crippen LogP contribution >= 0.6 is 11.6 Å². The van der Waals surface area contributed by atoms with Gasteiger partial charge in [0.05, 0.1) is 16.4 Å². The third-order valence-corrected chi connectivity index (χ3v) is 3.63. The zero-order valence-corrected chi connectivity index (χ0v) is 11.6. The molecule has 0 radical (unpaired) electrons. The molecule has 4 nitrogen and oxygen atoms in total. The second-order valence-corrected chi connectivity index (χ2v) is 5.28. The van der Waals surface area contributed by atoms with Gasteiger partial charge in [0.25, 0.3) is 0 Å². The Hall–Kier alpha value is -2.27. The summed E-state index contributed by atoms with van der Waals surface area (Å²) in [5.74, 6) is -0.640. The first kappa shape index (κ1) is 13.7. The minimum absolute atomic E-state index is 0.000724. The van der Waals surface area contributed by atoms with Crippen LogP contribution in [0.25, 0.3) is 0 Å². The minimum Gasteiger partial charge on any atom is -0.508 e. The fourth-order valence-electron chi connectivity index (χ4n) is 2.25. The highest BCUT2D eigenvalue weighted by Crippen LogP contribution is 2.32. The van der Waals surface area contributed by atoms with Crippen molar-refractivity contribution in [3.05, 3.63) is 52.8 Å². The normalized spacial score (nSPS) is 16.9. The van der Waals surface area contributed by atoms with Gasteiger partial charge in [-0.3, -0.25) is 4.79 Å². The first-order chi connectivity index (χ1) is 10.0. The number of phenolic OH excluding ortho intramolecular Hbond substituents is 1. The van der Waals surface area contributed by atoms with Crippen LogP contribution in [0.3, 0.4) is 0 Å². The van der Waals surface area contributed by atoms with Crippen LogP contribution in [0, 0.1) is 5.82 Å². The summed E-state index contributed by atoms with van der Waals surface area (Å²) in [6.07, 6.45) is 0.445. The molecule has 0 fully saturated rings. The lowest BCUT2D eigenvalue weighted by Gasteiger charge is -2.27. The van der Waals surface area contributed by atoms with Gasteiger partial charge in [-0.25, -0.2) is 4.39 Å². The summed E-state index contributed by atoms with van der Waals surface area (Å²) in [7, 11) is 0. The molecule has 3 N–H and O–H groups in total. The average Bonchev–Trinajstić information content (AvgIpc) is 2.44. The third kappa shape index (κ3) is 2.78. The van der Waals surface area contributed by atoms with Gasteiger partial charge in [0.1, 0.15) is 17.6 Å². The molecule has 108 valence electrons. The fraction of sp³-hybridized carbons (Fsp3) is 0.133. The number of nitrogens with one attached hydrogen (secondary N) is 2. The Morgan fingerprint density at radius 3 is 2.62 bits per heavy atom. The number of phenols is 1. The van der Waals surface area contributed by atoms with Crippen molar-refractivity contribution < 1.29 is 14.3 Å². The van der Waals surface area contributed by atoms with Crippen LogP contribution in [-0.2, 0) is 11.2 Å². The highest BCUT2D eigenvalue weighted by Gasteiger charge is 2.26. The number of rotatable bonds is 2. The molecule has 1 aliphatic heterocycles. The molecule has 1 aliphatic rings. The Morgan fingerprint density at radius 1 is 1.19 bits per heavy atom. The summed E-state index contributed by atoms with van der Waals surface area (Å²) in [4.78, 5) is 12.0. The van der Waals surface area contributed by atoms with Gasteiger partial charge in [-0.15, -0.1) is 0 Å². The minimum atomic E-state index is -0.575. The Morgan fingerprint density at radius 2 is 1.90 bits per heavy atom. The smallest absolute Gasteiger partial charge is 0.247 e. The van der Waals surface area contributed by atoms with Crippen molar-refractivity contribution in [3.8, 4) is 5.75 Å². The van der Waals surface area contributed by atoms with Crippen LogP contribution in [0.5, 0.6) is 5.75 Å². The quantitative estimate of drug-likeness (QED) is 0.798. The Bertz CT molecular complexity index is 704. The molecule has 2 aromatic carbocycles. The van der Waals surface area contributed by atoms with Crippen molar-refractivity contribution in [1.29, 1.82) is 0 Å². The van der Waals surface area contributed by atoms with Crippen LogP contribution in [0.1, 0.15) is 5.56 Å². The van der Waals surface area contributed by atoms with E-state index in [0.717, 1.165) is 5.56 Å². The number of carbonyl (C=O) groups is 1. The predicted molar refractivity (Wildman–Crippen MR) is 79.3 cm³/mol. The summed E-state index contributed by atoms with van der Waals surface area (Å²) in [5.41, 5.74) is 1.87. The first-order valence-electron chi connectivity index (χ1n) is 6.37. The van der Waals surface area contributed by atoms with Gasteiger partial charge in [-0.2, -0.15) is 0 Å². The number of aromatic hydroxyl groups is 1. The zero-order valence-electron chi connectivity index (χ0n) is 10.9. The second-order valence-electron chi connectivity index (χ2n) is 4.87. The molecule has 2 aromatic rings. The molecule has 21 heavy (non-hydrogen) atoms. The van der Waals surface area contributed by atoms with Crippen LogP contribution < -0.4 is 10.6 Å². The molecular weight excluding hydrogens is 295 g/mol. The number of carbonyl (C=O) groups excluding carboxylic acids is 1. The Balaban J connectivity index is 1.83. The number of amides is 1. The van der Waals surface area contributed by atoms with Gasteiger partial charge in [-0.1, -0.05) is 23.7 Å². The van der Waals surface area contributed by atoms with E-state index in [1.54, 1.807) is 24.3 Å². The van der Waals surface area contributed by atoms with Gasteiger partial charge >= 0.3 is 0 Å². The highest BCUT2D eigenvalue weighted by molar-refractivity contribution is 6.31. The largest absolute Gasteiger partial charge is 0.508 e. The number of hydrogen-bond acceptors (Lipinski definition) is 3. The summed E-state index contributed by atoms with van der Waals surface area (Å²) in [5, 5.41) is 15.0. The fourth-order valence-corrected chi connectivity index (χ4v) is 2.42. The molecule has 1 heterocycles. The average molecular weight is 307 g/mol. The highest BCUT2D eigenvalue weighted by atomic mass is 35.5. The summed E-state index contributed by atoms with van der Waals surface area (Å²) in [6.45, 7) is 0. The van der Waals surface area contributed by atoms with Gasteiger partial charge < -0.3 is 15.7 Å². The van der Waals surface area contributed by atoms with Crippen LogP contribution in [0.4, 0.5) is 15.8 Å². The second kappa shape index (κ2) is 5.26. The van der Waals surface area contributed by atoms with E-state index >= 15 is 0 Å². The topological polar surface area (TPSA) is 61.4 Å². The van der Waals surface area contributed by atoms with Crippen molar-refractivity contribution in [2.45, 2.75) is 12.5 Å². The number of fused-ring (bicyclic) bond motifs is 1. The van der Waals surface area contributed by atoms with E-state index in [1.807, 2.05) is 0 Å². The lowest BCUT2D eigenvalue weighted by molar-refractivity contribution is -0.117. The molecule has 3 rings (SSSR count). The SMILES string of the molecule is O=C1Nc2cc(F)c(Cl)cc2NC1Cc1ccc(O)cc1. The lowest BCUT2D eigenvalue weighted by atomic mass is 10.0. The summed E-state index contributed by atoms with van der Waals surface area (Å²) >= 11 is 5.75. The van der Waals surface area contributed by atoms with E-state index in [0.29, 0.717) is 17.8 Å². The predicted octanol–water partition coefficient (Wildman–Crippen LogP) is 3.16. The van der Waals surface area contributed by atoms with E-state index in [2.05, 4.69) is 10.6 Å².